The minimum absolute atomic E-state index is 0.0193. The maximum absolute atomic E-state index is 13.0. The Morgan fingerprint density at radius 3 is 2.37 bits per heavy atom. The molecule has 0 aromatic heterocycles. The van der Waals surface area contributed by atoms with Gasteiger partial charge in [-0.3, -0.25) is 9.59 Å². The minimum Gasteiger partial charge on any atom is -0.483 e. The molecule has 30 heavy (non-hydrogen) atoms. The van der Waals surface area contributed by atoms with E-state index in [1.807, 2.05) is 55.5 Å². The third-order valence-corrected chi connectivity index (χ3v) is 5.48. The van der Waals surface area contributed by atoms with Gasteiger partial charge in [0.2, 0.25) is 5.91 Å². The average molecular weight is 475 g/mol. The van der Waals surface area contributed by atoms with Crippen molar-refractivity contribution < 1.29 is 14.3 Å². The predicted molar refractivity (Wildman–Crippen MR) is 123 cm³/mol. The largest absolute Gasteiger partial charge is 0.483 e. The second-order valence-corrected chi connectivity index (χ2v) is 9.12. The Balaban J connectivity index is 2.14. The zero-order valence-corrected chi connectivity index (χ0v) is 20.0. The first-order valence-corrected chi connectivity index (χ1v) is 11.0. The number of carbonyl (C=O) groups excluding carboxylic acids is 2. The molecule has 0 heterocycles. The van der Waals surface area contributed by atoms with Gasteiger partial charge in [0.1, 0.15) is 11.8 Å². The molecular weight excluding hydrogens is 444 g/mol. The number of amides is 2. The molecule has 0 bridgehead atoms. The van der Waals surface area contributed by atoms with Gasteiger partial charge in [0.15, 0.2) is 6.61 Å². The minimum atomic E-state index is -0.604. The highest BCUT2D eigenvalue weighted by molar-refractivity contribution is 9.10. The summed E-state index contributed by atoms with van der Waals surface area (Å²) in [5.74, 6) is 0.170. The van der Waals surface area contributed by atoms with E-state index in [-0.39, 0.29) is 23.8 Å². The van der Waals surface area contributed by atoms with Gasteiger partial charge in [-0.15, -0.1) is 0 Å². The van der Waals surface area contributed by atoms with E-state index in [4.69, 9.17) is 4.74 Å². The number of nitrogens with one attached hydrogen (secondary N) is 1. The summed E-state index contributed by atoms with van der Waals surface area (Å²) in [6.45, 7) is 10.7. The molecule has 0 saturated carbocycles. The van der Waals surface area contributed by atoms with E-state index in [1.165, 1.54) is 5.56 Å². The molecule has 1 N–H and O–H groups in total. The van der Waals surface area contributed by atoms with E-state index in [0.717, 1.165) is 10.0 Å². The van der Waals surface area contributed by atoms with Crippen LogP contribution in [0.5, 0.6) is 5.75 Å². The topological polar surface area (TPSA) is 58.6 Å². The van der Waals surface area contributed by atoms with Gasteiger partial charge in [-0.2, -0.15) is 0 Å². The molecule has 0 unspecified atom stereocenters. The first-order chi connectivity index (χ1) is 14.1. The van der Waals surface area contributed by atoms with Gasteiger partial charge < -0.3 is 15.0 Å². The fourth-order valence-corrected chi connectivity index (χ4v) is 3.48. The van der Waals surface area contributed by atoms with Crippen molar-refractivity contribution in [1.82, 2.24) is 10.2 Å². The summed E-state index contributed by atoms with van der Waals surface area (Å²) < 4.78 is 6.61. The van der Waals surface area contributed by atoms with Crippen molar-refractivity contribution in [1.29, 1.82) is 0 Å². The molecule has 0 aliphatic rings. The van der Waals surface area contributed by atoms with Crippen LogP contribution in [0.4, 0.5) is 0 Å². The molecule has 0 radical (unpaired) electrons. The van der Waals surface area contributed by atoms with Gasteiger partial charge in [0, 0.05) is 13.1 Å². The maximum atomic E-state index is 13.0. The molecular formula is C24H31BrN2O3. The highest BCUT2D eigenvalue weighted by atomic mass is 79.9. The molecule has 0 aliphatic carbocycles. The number of benzene rings is 2. The lowest BCUT2D eigenvalue weighted by atomic mass is 9.87. The third-order valence-electron chi connectivity index (χ3n) is 4.86. The number of carbonyl (C=O) groups is 2. The Labute approximate surface area is 187 Å². The Morgan fingerprint density at radius 1 is 1.13 bits per heavy atom. The average Bonchev–Trinajstić information content (AvgIpc) is 2.70. The lowest BCUT2D eigenvalue weighted by molar-refractivity contribution is -0.142. The number of likely N-dealkylation sites (N-methyl/N-ethyl adjacent to an activating group) is 1. The number of hydrogen-bond acceptors (Lipinski definition) is 3. The molecule has 2 aromatic carbocycles. The second-order valence-electron chi connectivity index (χ2n) is 8.26. The molecule has 2 rings (SSSR count). The number of halogens is 1. The van der Waals surface area contributed by atoms with Gasteiger partial charge in [0.25, 0.3) is 5.91 Å². The predicted octanol–water partition coefficient (Wildman–Crippen LogP) is 4.68. The van der Waals surface area contributed by atoms with Crippen molar-refractivity contribution >= 4 is 27.7 Å². The van der Waals surface area contributed by atoms with Crippen molar-refractivity contribution in [2.45, 2.75) is 52.6 Å². The van der Waals surface area contributed by atoms with Crippen molar-refractivity contribution in [3.05, 3.63) is 64.1 Å². The Morgan fingerprint density at radius 2 is 1.80 bits per heavy atom. The van der Waals surface area contributed by atoms with Gasteiger partial charge in [-0.05, 0) is 58.5 Å². The van der Waals surface area contributed by atoms with E-state index in [0.29, 0.717) is 18.8 Å². The molecule has 162 valence electrons. The number of nitrogens with zero attached hydrogens (tertiary/aromatic N) is 1. The summed E-state index contributed by atoms with van der Waals surface area (Å²) in [6, 6.07) is 14.9. The standard InChI is InChI=1S/C24H31BrN2O3/c1-6-26-23(29)17(2)27(15-18-10-8-7-9-11-18)22(28)16-30-21-13-12-19(14-20(21)25)24(3,4)5/h7-14,17H,6,15-16H2,1-5H3,(H,26,29)/t17-/m1/s1. The maximum Gasteiger partial charge on any atom is 0.261 e. The van der Waals surface area contributed by atoms with Crippen LogP contribution in [0.2, 0.25) is 0 Å². The monoisotopic (exact) mass is 474 g/mol. The quantitative estimate of drug-likeness (QED) is 0.603. The molecule has 0 spiro atoms. The summed E-state index contributed by atoms with van der Waals surface area (Å²) in [4.78, 5) is 27.0. The highest BCUT2D eigenvalue weighted by Crippen LogP contribution is 2.31. The van der Waals surface area contributed by atoms with E-state index >= 15 is 0 Å². The molecule has 6 heteroatoms. The molecule has 0 saturated heterocycles. The van der Waals surface area contributed by atoms with Gasteiger partial charge in [-0.1, -0.05) is 57.2 Å². The summed E-state index contributed by atoms with van der Waals surface area (Å²) >= 11 is 3.54. The van der Waals surface area contributed by atoms with E-state index in [2.05, 4.69) is 42.0 Å². The van der Waals surface area contributed by atoms with E-state index < -0.39 is 6.04 Å². The molecule has 0 aliphatic heterocycles. The summed E-state index contributed by atoms with van der Waals surface area (Å²) in [5, 5.41) is 2.79. The Kier molecular flexibility index (Phi) is 8.47. The van der Waals surface area contributed by atoms with Crippen molar-refractivity contribution in [3.8, 4) is 5.75 Å². The van der Waals surface area contributed by atoms with Crippen molar-refractivity contribution in [2.75, 3.05) is 13.2 Å². The smallest absolute Gasteiger partial charge is 0.261 e. The fourth-order valence-electron chi connectivity index (χ4n) is 2.99. The number of rotatable bonds is 8. The normalized spacial score (nSPS) is 12.2. The van der Waals surface area contributed by atoms with Crippen LogP contribution in [0, 0.1) is 0 Å². The van der Waals surface area contributed by atoms with Crippen LogP contribution in [0.1, 0.15) is 45.7 Å². The lowest BCUT2D eigenvalue weighted by Crippen LogP contribution is -2.49. The van der Waals surface area contributed by atoms with Crippen molar-refractivity contribution in [2.24, 2.45) is 0 Å². The fraction of sp³-hybridized carbons (Fsp3) is 0.417. The molecule has 2 aromatic rings. The van der Waals surface area contributed by atoms with Gasteiger partial charge >= 0.3 is 0 Å². The van der Waals surface area contributed by atoms with Crippen LogP contribution in [-0.4, -0.2) is 35.9 Å². The summed E-state index contributed by atoms with van der Waals surface area (Å²) in [5.41, 5.74) is 2.15. The first kappa shape index (κ1) is 23.9. The first-order valence-electron chi connectivity index (χ1n) is 10.2. The van der Waals surface area contributed by atoms with Crippen LogP contribution in [0.15, 0.2) is 53.0 Å². The Bertz CT molecular complexity index is 862. The third kappa shape index (κ3) is 6.59. The van der Waals surface area contributed by atoms with Crippen LogP contribution >= 0.6 is 15.9 Å². The van der Waals surface area contributed by atoms with Crippen molar-refractivity contribution in [3.63, 3.8) is 0 Å². The highest BCUT2D eigenvalue weighted by Gasteiger charge is 2.26. The Hall–Kier alpha value is -2.34. The molecule has 2 amide bonds. The summed E-state index contributed by atoms with van der Waals surface area (Å²) in [6.07, 6.45) is 0. The van der Waals surface area contributed by atoms with Gasteiger partial charge in [-0.25, -0.2) is 0 Å². The van der Waals surface area contributed by atoms with Crippen LogP contribution in [0.3, 0.4) is 0 Å². The molecule has 0 fully saturated rings. The molecule has 1 atom stereocenters. The molecule has 5 nitrogen and oxygen atoms in total. The zero-order chi connectivity index (χ0) is 22.3. The zero-order valence-electron chi connectivity index (χ0n) is 18.4. The van der Waals surface area contributed by atoms with Crippen LogP contribution in [0.25, 0.3) is 0 Å². The summed E-state index contributed by atoms with van der Waals surface area (Å²) in [7, 11) is 0. The second kappa shape index (κ2) is 10.6. The van der Waals surface area contributed by atoms with E-state index in [1.54, 1.807) is 11.8 Å². The van der Waals surface area contributed by atoms with Crippen LogP contribution in [-0.2, 0) is 21.5 Å². The van der Waals surface area contributed by atoms with E-state index in [9.17, 15) is 9.59 Å². The number of hydrogen-bond donors (Lipinski definition) is 1. The number of ether oxygens (including phenoxy) is 1. The van der Waals surface area contributed by atoms with Crippen LogP contribution < -0.4 is 10.1 Å². The van der Waals surface area contributed by atoms with Gasteiger partial charge in [0.05, 0.1) is 4.47 Å². The SMILES string of the molecule is CCNC(=O)[C@@H](C)N(Cc1ccccc1)C(=O)COc1ccc(C(C)(C)C)cc1Br. The lowest BCUT2D eigenvalue weighted by Gasteiger charge is -2.28.